The van der Waals surface area contributed by atoms with E-state index >= 15 is 0 Å². The van der Waals surface area contributed by atoms with Gasteiger partial charge in [0.2, 0.25) is 5.91 Å². The molecule has 2 N–H and O–H groups in total. The molecule has 0 saturated heterocycles. The maximum absolute atomic E-state index is 12.1. The predicted molar refractivity (Wildman–Crippen MR) is 81.4 cm³/mol. The van der Waals surface area contributed by atoms with Gasteiger partial charge in [-0.1, -0.05) is 11.6 Å². The van der Waals surface area contributed by atoms with Crippen molar-refractivity contribution in [1.29, 1.82) is 0 Å². The largest absolute Gasteiger partial charge is 0.496 e. The molecular weight excluding hydrogens is 310 g/mol. The number of benzene rings is 1. The van der Waals surface area contributed by atoms with Gasteiger partial charge < -0.3 is 15.2 Å². The third-order valence-electron chi connectivity index (χ3n) is 2.93. The zero-order valence-corrected chi connectivity index (χ0v) is 13.0. The number of carbonyl (C=O) groups is 3. The second-order valence-corrected chi connectivity index (χ2v) is 5.05. The van der Waals surface area contributed by atoms with Crippen molar-refractivity contribution in [3.63, 3.8) is 0 Å². The van der Waals surface area contributed by atoms with Crippen LogP contribution in [0.3, 0.4) is 0 Å². The summed E-state index contributed by atoms with van der Waals surface area (Å²) in [6, 6.07) is 4.72. The van der Waals surface area contributed by atoms with Crippen LogP contribution >= 0.6 is 11.6 Å². The summed E-state index contributed by atoms with van der Waals surface area (Å²) < 4.78 is 5.09. The fourth-order valence-electron chi connectivity index (χ4n) is 1.82. The molecule has 0 unspecified atom stereocenters. The minimum Gasteiger partial charge on any atom is -0.496 e. The van der Waals surface area contributed by atoms with Gasteiger partial charge in [0.1, 0.15) is 5.75 Å². The van der Waals surface area contributed by atoms with Crippen LogP contribution in [0.1, 0.15) is 36.0 Å². The van der Waals surface area contributed by atoms with Crippen molar-refractivity contribution in [2.45, 2.75) is 25.7 Å². The van der Waals surface area contributed by atoms with Crippen LogP contribution in [0.5, 0.6) is 5.75 Å². The third-order valence-corrected chi connectivity index (χ3v) is 3.17. The van der Waals surface area contributed by atoms with Crippen molar-refractivity contribution in [2.75, 3.05) is 13.7 Å². The molecule has 22 heavy (non-hydrogen) atoms. The van der Waals surface area contributed by atoms with Crippen molar-refractivity contribution in [2.24, 2.45) is 0 Å². The Kier molecular flexibility index (Phi) is 7.39. The molecule has 0 heterocycles. The molecule has 1 aromatic carbocycles. The SMILES string of the molecule is COc1ccc(Cl)cc1C(=O)CCC(=O)NCCCC(=O)O. The Labute approximate surface area is 133 Å². The summed E-state index contributed by atoms with van der Waals surface area (Å²) >= 11 is 5.86. The Morgan fingerprint density at radius 3 is 2.59 bits per heavy atom. The van der Waals surface area contributed by atoms with Gasteiger partial charge in [0.05, 0.1) is 12.7 Å². The van der Waals surface area contributed by atoms with Crippen LogP contribution < -0.4 is 10.1 Å². The van der Waals surface area contributed by atoms with Gasteiger partial charge in [-0.2, -0.15) is 0 Å². The first kappa shape index (κ1) is 18.0. The van der Waals surface area contributed by atoms with Gasteiger partial charge in [0, 0.05) is 30.8 Å². The highest BCUT2D eigenvalue weighted by molar-refractivity contribution is 6.31. The summed E-state index contributed by atoms with van der Waals surface area (Å²) in [6.45, 7) is 0.278. The summed E-state index contributed by atoms with van der Waals surface area (Å²) in [5, 5.41) is 11.5. The van der Waals surface area contributed by atoms with Crippen molar-refractivity contribution < 1.29 is 24.2 Å². The zero-order chi connectivity index (χ0) is 16.5. The Balaban J connectivity index is 2.44. The second kappa shape index (κ2) is 9.04. The third kappa shape index (κ3) is 6.13. The van der Waals surface area contributed by atoms with Crippen LogP contribution in [0, 0.1) is 0 Å². The lowest BCUT2D eigenvalue weighted by Gasteiger charge is -2.08. The van der Waals surface area contributed by atoms with Gasteiger partial charge in [-0.3, -0.25) is 14.4 Å². The zero-order valence-electron chi connectivity index (χ0n) is 12.2. The van der Waals surface area contributed by atoms with E-state index in [1.165, 1.54) is 13.2 Å². The molecule has 0 aromatic heterocycles. The molecule has 120 valence electrons. The fourth-order valence-corrected chi connectivity index (χ4v) is 1.99. The van der Waals surface area contributed by atoms with E-state index in [0.717, 1.165) is 0 Å². The minimum atomic E-state index is -0.905. The summed E-state index contributed by atoms with van der Waals surface area (Å²) in [5.41, 5.74) is 0.341. The number of Topliss-reactive ketones (excluding diaryl/α,β-unsaturated/α-hetero) is 1. The molecule has 1 rings (SSSR count). The molecule has 1 amide bonds. The molecule has 1 aromatic rings. The lowest BCUT2D eigenvalue weighted by molar-refractivity contribution is -0.137. The highest BCUT2D eigenvalue weighted by Crippen LogP contribution is 2.24. The number of carboxylic acid groups (broad SMARTS) is 1. The van der Waals surface area contributed by atoms with Gasteiger partial charge in [0.15, 0.2) is 5.78 Å². The monoisotopic (exact) mass is 327 g/mol. The number of ketones is 1. The number of methoxy groups -OCH3 is 1. The molecule has 0 radical (unpaired) electrons. The van der Waals surface area contributed by atoms with E-state index in [1.54, 1.807) is 12.1 Å². The number of halogens is 1. The van der Waals surface area contributed by atoms with Gasteiger partial charge >= 0.3 is 5.97 Å². The summed E-state index contributed by atoms with van der Waals surface area (Å²) in [5.74, 6) is -1.02. The second-order valence-electron chi connectivity index (χ2n) is 4.62. The number of rotatable bonds is 9. The number of aliphatic carboxylic acids is 1. The van der Waals surface area contributed by atoms with Crippen molar-refractivity contribution in [3.05, 3.63) is 28.8 Å². The van der Waals surface area contributed by atoms with Crippen molar-refractivity contribution in [3.8, 4) is 5.75 Å². The predicted octanol–water partition coefficient (Wildman–Crippen LogP) is 2.29. The molecule has 0 bridgehead atoms. The summed E-state index contributed by atoms with van der Waals surface area (Å²) in [7, 11) is 1.45. The summed E-state index contributed by atoms with van der Waals surface area (Å²) in [4.78, 5) is 34.0. The van der Waals surface area contributed by atoms with Crippen LogP contribution in [0.4, 0.5) is 0 Å². The van der Waals surface area contributed by atoms with Crippen LogP contribution in [-0.2, 0) is 9.59 Å². The topological polar surface area (TPSA) is 92.7 Å². The molecule has 0 fully saturated rings. The normalized spacial score (nSPS) is 10.1. The Morgan fingerprint density at radius 1 is 1.23 bits per heavy atom. The number of hydrogen-bond acceptors (Lipinski definition) is 4. The van der Waals surface area contributed by atoms with Crippen LogP contribution in [-0.4, -0.2) is 36.4 Å². The van der Waals surface area contributed by atoms with Crippen LogP contribution in [0.2, 0.25) is 5.02 Å². The highest BCUT2D eigenvalue weighted by atomic mass is 35.5. The quantitative estimate of drug-likeness (QED) is 0.536. The van der Waals surface area contributed by atoms with E-state index < -0.39 is 5.97 Å². The van der Waals surface area contributed by atoms with E-state index in [-0.39, 0.29) is 37.5 Å². The van der Waals surface area contributed by atoms with E-state index in [2.05, 4.69) is 5.32 Å². The molecule has 0 spiro atoms. The molecule has 7 heteroatoms. The van der Waals surface area contributed by atoms with Gasteiger partial charge in [-0.15, -0.1) is 0 Å². The molecule has 0 aliphatic carbocycles. The first-order chi connectivity index (χ1) is 10.4. The molecule has 0 aliphatic rings. The first-order valence-electron chi connectivity index (χ1n) is 6.79. The lowest BCUT2D eigenvalue weighted by Crippen LogP contribution is -2.25. The number of carbonyl (C=O) groups excluding carboxylic acids is 2. The maximum atomic E-state index is 12.1. The van der Waals surface area contributed by atoms with Gasteiger partial charge in [-0.25, -0.2) is 0 Å². The molecule has 0 atom stereocenters. The standard InChI is InChI=1S/C15H18ClNO5/c1-22-13-6-4-10(16)9-11(13)12(18)5-7-14(19)17-8-2-3-15(20)21/h4,6,9H,2-3,5,7-8H2,1H3,(H,17,19)(H,20,21). The van der Waals surface area contributed by atoms with E-state index in [1.807, 2.05) is 0 Å². The Morgan fingerprint density at radius 2 is 1.95 bits per heavy atom. The van der Waals surface area contributed by atoms with E-state index in [0.29, 0.717) is 22.8 Å². The number of amides is 1. The average Bonchev–Trinajstić information content (AvgIpc) is 2.49. The maximum Gasteiger partial charge on any atom is 0.303 e. The minimum absolute atomic E-state index is 0.00107. The van der Waals surface area contributed by atoms with Gasteiger partial charge in [-0.05, 0) is 24.6 Å². The average molecular weight is 328 g/mol. The number of hydrogen-bond donors (Lipinski definition) is 2. The highest BCUT2D eigenvalue weighted by Gasteiger charge is 2.14. The summed E-state index contributed by atoms with van der Waals surface area (Å²) in [6.07, 6.45) is 0.416. The Hall–Kier alpha value is -2.08. The number of nitrogens with one attached hydrogen (secondary N) is 1. The molecular formula is C15H18ClNO5. The number of carboxylic acids is 1. The fraction of sp³-hybridized carbons (Fsp3) is 0.400. The molecule has 6 nitrogen and oxygen atoms in total. The van der Waals surface area contributed by atoms with Crippen molar-refractivity contribution in [1.82, 2.24) is 5.32 Å². The number of ether oxygens (including phenoxy) is 1. The smallest absolute Gasteiger partial charge is 0.303 e. The lowest BCUT2D eigenvalue weighted by atomic mass is 10.1. The van der Waals surface area contributed by atoms with Crippen molar-refractivity contribution >= 4 is 29.3 Å². The van der Waals surface area contributed by atoms with Crippen LogP contribution in [0.25, 0.3) is 0 Å². The van der Waals surface area contributed by atoms with Crippen LogP contribution in [0.15, 0.2) is 18.2 Å². The van der Waals surface area contributed by atoms with E-state index in [4.69, 9.17) is 21.4 Å². The Bertz CT molecular complexity index is 559. The first-order valence-corrected chi connectivity index (χ1v) is 7.17. The molecule has 0 aliphatic heterocycles. The van der Waals surface area contributed by atoms with E-state index in [9.17, 15) is 14.4 Å². The van der Waals surface area contributed by atoms with Gasteiger partial charge in [0.25, 0.3) is 0 Å². The molecule has 0 saturated carbocycles.